The van der Waals surface area contributed by atoms with Gasteiger partial charge >= 0.3 is 6.03 Å². The van der Waals surface area contributed by atoms with Crippen LogP contribution in [-0.4, -0.2) is 72.9 Å². The molecule has 0 radical (unpaired) electrons. The largest absolute Gasteiger partial charge is 0.394 e. The topological polar surface area (TPSA) is 67.8 Å². The van der Waals surface area contributed by atoms with Crippen molar-refractivity contribution in [2.45, 2.75) is 25.9 Å². The van der Waals surface area contributed by atoms with E-state index in [1.165, 1.54) is 0 Å². The molecule has 6 nitrogen and oxygen atoms in total. The lowest BCUT2D eigenvalue weighted by Gasteiger charge is -2.36. The summed E-state index contributed by atoms with van der Waals surface area (Å²) in [6.07, 6.45) is 0. The molecule has 1 fully saturated rings. The highest BCUT2D eigenvalue weighted by Crippen LogP contribution is 2.11. The zero-order chi connectivity index (χ0) is 17.4. The molecule has 0 bridgehead atoms. The van der Waals surface area contributed by atoms with Crippen molar-refractivity contribution in [3.05, 3.63) is 35.9 Å². The van der Waals surface area contributed by atoms with Crippen molar-refractivity contribution in [3.63, 3.8) is 0 Å². The molecule has 1 heterocycles. The van der Waals surface area contributed by atoms with Gasteiger partial charge in [-0.05, 0) is 19.4 Å². The van der Waals surface area contributed by atoms with E-state index in [-0.39, 0.29) is 18.7 Å². The Hall–Kier alpha value is -1.63. The standard InChI is InChI=1S/C18H30N4O2/c1-15(2)22-12-10-21(11-13-22)9-8-19-18(24)20-17(14-23)16-6-4-3-5-7-16/h3-7,15,17,23H,8-14H2,1-2H3,(H2,19,20,24)/t17-/m0/s1. The van der Waals surface area contributed by atoms with Gasteiger partial charge in [0.2, 0.25) is 0 Å². The van der Waals surface area contributed by atoms with Gasteiger partial charge in [-0.25, -0.2) is 4.79 Å². The van der Waals surface area contributed by atoms with Crippen LogP contribution in [0.1, 0.15) is 25.5 Å². The van der Waals surface area contributed by atoms with E-state index in [0.717, 1.165) is 38.3 Å². The molecule has 1 aromatic carbocycles. The number of amides is 2. The van der Waals surface area contributed by atoms with E-state index in [9.17, 15) is 9.90 Å². The maximum atomic E-state index is 12.0. The number of urea groups is 1. The molecule has 0 aromatic heterocycles. The Bertz CT molecular complexity index is 487. The lowest BCUT2D eigenvalue weighted by molar-refractivity contribution is 0.109. The highest BCUT2D eigenvalue weighted by atomic mass is 16.3. The Kier molecular flexibility index (Phi) is 7.49. The quantitative estimate of drug-likeness (QED) is 0.697. The molecule has 1 saturated heterocycles. The Morgan fingerprint density at radius 2 is 1.83 bits per heavy atom. The molecular formula is C18H30N4O2. The number of benzene rings is 1. The van der Waals surface area contributed by atoms with E-state index >= 15 is 0 Å². The van der Waals surface area contributed by atoms with Crippen molar-refractivity contribution in [2.75, 3.05) is 45.9 Å². The molecule has 1 aromatic rings. The van der Waals surface area contributed by atoms with Crippen molar-refractivity contribution < 1.29 is 9.90 Å². The first-order valence-electron chi connectivity index (χ1n) is 8.76. The SMILES string of the molecule is CC(C)N1CCN(CCNC(=O)N[C@@H](CO)c2ccccc2)CC1. The third-order valence-electron chi connectivity index (χ3n) is 4.54. The Labute approximate surface area is 144 Å². The van der Waals surface area contributed by atoms with E-state index in [0.29, 0.717) is 12.6 Å². The van der Waals surface area contributed by atoms with Crippen LogP contribution in [-0.2, 0) is 0 Å². The molecule has 0 saturated carbocycles. The number of nitrogens with one attached hydrogen (secondary N) is 2. The number of aliphatic hydroxyl groups excluding tert-OH is 1. The molecule has 1 atom stereocenters. The van der Waals surface area contributed by atoms with Crippen LogP contribution < -0.4 is 10.6 Å². The molecule has 24 heavy (non-hydrogen) atoms. The van der Waals surface area contributed by atoms with Gasteiger partial charge in [0.1, 0.15) is 0 Å². The average Bonchev–Trinajstić information content (AvgIpc) is 2.61. The first kappa shape index (κ1) is 18.7. The van der Waals surface area contributed by atoms with Gasteiger partial charge in [0, 0.05) is 45.3 Å². The fraction of sp³-hybridized carbons (Fsp3) is 0.611. The van der Waals surface area contributed by atoms with Crippen molar-refractivity contribution in [2.24, 2.45) is 0 Å². The van der Waals surface area contributed by atoms with Gasteiger partial charge in [0.05, 0.1) is 12.6 Å². The summed E-state index contributed by atoms with van der Waals surface area (Å²) in [5.41, 5.74) is 0.903. The van der Waals surface area contributed by atoms with Gasteiger partial charge in [0.25, 0.3) is 0 Å². The van der Waals surface area contributed by atoms with Gasteiger partial charge < -0.3 is 15.7 Å². The van der Waals surface area contributed by atoms with Gasteiger partial charge in [-0.1, -0.05) is 30.3 Å². The summed E-state index contributed by atoms with van der Waals surface area (Å²) in [5.74, 6) is 0. The highest BCUT2D eigenvalue weighted by Gasteiger charge is 2.18. The zero-order valence-electron chi connectivity index (χ0n) is 14.7. The number of aliphatic hydroxyl groups is 1. The number of hydrogen-bond donors (Lipinski definition) is 3. The molecule has 2 rings (SSSR count). The van der Waals surface area contributed by atoms with Crippen LogP contribution in [0.2, 0.25) is 0 Å². The van der Waals surface area contributed by atoms with E-state index < -0.39 is 0 Å². The summed E-state index contributed by atoms with van der Waals surface area (Å²) < 4.78 is 0. The molecule has 1 aliphatic rings. The Morgan fingerprint density at radius 3 is 2.42 bits per heavy atom. The third-order valence-corrected chi connectivity index (χ3v) is 4.54. The summed E-state index contributed by atoms with van der Waals surface area (Å²) in [4.78, 5) is 16.9. The van der Waals surface area contributed by atoms with Crippen molar-refractivity contribution in [1.29, 1.82) is 0 Å². The molecule has 0 unspecified atom stereocenters. The van der Waals surface area contributed by atoms with Gasteiger partial charge in [-0.3, -0.25) is 9.80 Å². The van der Waals surface area contributed by atoms with Crippen LogP contribution in [0, 0.1) is 0 Å². The lowest BCUT2D eigenvalue weighted by Crippen LogP contribution is -2.51. The number of hydrogen-bond acceptors (Lipinski definition) is 4. The first-order chi connectivity index (χ1) is 11.6. The van der Waals surface area contributed by atoms with Crippen LogP contribution in [0.25, 0.3) is 0 Å². The summed E-state index contributed by atoms with van der Waals surface area (Å²) in [6, 6.07) is 9.49. The second-order valence-corrected chi connectivity index (χ2v) is 6.52. The molecule has 1 aliphatic heterocycles. The first-order valence-corrected chi connectivity index (χ1v) is 8.76. The second-order valence-electron chi connectivity index (χ2n) is 6.52. The van der Waals surface area contributed by atoms with Gasteiger partial charge in [-0.15, -0.1) is 0 Å². The van der Waals surface area contributed by atoms with Crippen molar-refractivity contribution >= 4 is 6.03 Å². The minimum Gasteiger partial charge on any atom is -0.394 e. The molecule has 6 heteroatoms. The van der Waals surface area contributed by atoms with Gasteiger partial charge in [-0.2, -0.15) is 0 Å². The number of carbonyl (C=O) groups excluding carboxylic acids is 1. The van der Waals surface area contributed by atoms with E-state index in [1.54, 1.807) is 0 Å². The Balaban J connectivity index is 1.66. The van der Waals surface area contributed by atoms with Gasteiger partial charge in [0.15, 0.2) is 0 Å². The van der Waals surface area contributed by atoms with Crippen LogP contribution in [0.15, 0.2) is 30.3 Å². The highest BCUT2D eigenvalue weighted by molar-refractivity contribution is 5.74. The van der Waals surface area contributed by atoms with Crippen LogP contribution in [0.4, 0.5) is 4.79 Å². The fourth-order valence-corrected chi connectivity index (χ4v) is 2.96. The summed E-state index contributed by atoms with van der Waals surface area (Å²) in [7, 11) is 0. The minimum atomic E-state index is -0.374. The molecule has 3 N–H and O–H groups in total. The lowest BCUT2D eigenvalue weighted by atomic mass is 10.1. The molecular weight excluding hydrogens is 304 g/mol. The third kappa shape index (κ3) is 5.78. The van der Waals surface area contributed by atoms with Crippen molar-refractivity contribution in [3.8, 4) is 0 Å². The molecule has 134 valence electrons. The van der Waals surface area contributed by atoms with E-state index in [1.807, 2.05) is 30.3 Å². The molecule has 0 spiro atoms. The average molecular weight is 334 g/mol. The zero-order valence-corrected chi connectivity index (χ0v) is 14.7. The fourth-order valence-electron chi connectivity index (χ4n) is 2.96. The molecule has 0 aliphatic carbocycles. The maximum absolute atomic E-state index is 12.0. The Morgan fingerprint density at radius 1 is 1.17 bits per heavy atom. The van der Waals surface area contributed by atoms with Crippen molar-refractivity contribution in [1.82, 2.24) is 20.4 Å². The number of nitrogens with zero attached hydrogens (tertiary/aromatic N) is 2. The predicted molar refractivity (Wildman–Crippen MR) is 96.0 cm³/mol. The summed E-state index contributed by atoms with van der Waals surface area (Å²) >= 11 is 0. The number of rotatable bonds is 7. The summed E-state index contributed by atoms with van der Waals surface area (Å²) in [5, 5.41) is 15.2. The number of piperazine rings is 1. The predicted octanol–water partition coefficient (Wildman–Crippen LogP) is 1.05. The second kappa shape index (κ2) is 9.61. The summed E-state index contributed by atoms with van der Waals surface area (Å²) in [6.45, 7) is 10.1. The smallest absolute Gasteiger partial charge is 0.315 e. The normalized spacial score (nSPS) is 17.7. The maximum Gasteiger partial charge on any atom is 0.315 e. The van der Waals surface area contributed by atoms with Crippen LogP contribution in [0.5, 0.6) is 0 Å². The molecule has 2 amide bonds. The monoisotopic (exact) mass is 334 g/mol. The van der Waals surface area contributed by atoms with Crippen LogP contribution >= 0.6 is 0 Å². The van der Waals surface area contributed by atoms with E-state index in [4.69, 9.17) is 0 Å². The minimum absolute atomic E-state index is 0.116. The van der Waals surface area contributed by atoms with Crippen LogP contribution in [0.3, 0.4) is 0 Å². The number of carbonyl (C=O) groups is 1. The van der Waals surface area contributed by atoms with E-state index in [2.05, 4.69) is 34.3 Å².